The average molecular weight is 521 g/mol. The third-order valence-electron chi connectivity index (χ3n) is 6.70. The third kappa shape index (κ3) is 9.39. The molecule has 37 heavy (non-hydrogen) atoms. The first-order valence-corrected chi connectivity index (χ1v) is 12.8. The smallest absolute Gasteiger partial charge is 0.490 e. The number of nitrogens with zero attached hydrogens (tertiary/aromatic N) is 2. The first-order valence-electron chi connectivity index (χ1n) is 12.8. The average Bonchev–Trinajstić information content (AvgIpc) is 2.92. The van der Waals surface area contributed by atoms with Crippen LogP contribution in [0, 0.1) is 5.92 Å². The number of piperidine rings is 2. The minimum atomic E-state index is -5.08. The van der Waals surface area contributed by atoms with Crippen molar-refractivity contribution in [1.82, 2.24) is 4.90 Å². The molecular weight excluding hydrogens is 485 g/mol. The first-order chi connectivity index (χ1) is 17.7. The van der Waals surface area contributed by atoms with Crippen LogP contribution in [0.25, 0.3) is 0 Å². The van der Waals surface area contributed by atoms with E-state index in [0.717, 1.165) is 56.8 Å². The van der Waals surface area contributed by atoms with Crippen molar-refractivity contribution in [2.75, 3.05) is 44.2 Å². The van der Waals surface area contributed by atoms with Gasteiger partial charge in [-0.1, -0.05) is 36.8 Å². The minimum absolute atomic E-state index is 0.145. The molecule has 6 nitrogen and oxygen atoms in total. The highest BCUT2D eigenvalue weighted by molar-refractivity contribution is 5.97. The van der Waals surface area contributed by atoms with Crippen LogP contribution in [0.1, 0.15) is 48.9 Å². The lowest BCUT2D eigenvalue weighted by atomic mass is 9.89. The zero-order chi connectivity index (χ0) is 26.7. The number of likely N-dealkylation sites (tertiary alicyclic amines) is 1. The number of carboxylic acids is 1. The normalized spacial score (nSPS) is 17.0. The molecule has 2 aliphatic heterocycles. The predicted octanol–water partition coefficient (Wildman–Crippen LogP) is 5.67. The summed E-state index contributed by atoms with van der Waals surface area (Å²) in [6.45, 7) is 6.29. The zero-order valence-corrected chi connectivity index (χ0v) is 21.0. The Bertz CT molecular complexity index is 969. The van der Waals surface area contributed by atoms with Crippen LogP contribution in [0.4, 0.5) is 18.9 Å². The molecule has 202 valence electrons. The minimum Gasteiger partial charge on any atom is -0.494 e. The van der Waals surface area contributed by atoms with Crippen molar-refractivity contribution in [2.45, 2.75) is 44.7 Å². The van der Waals surface area contributed by atoms with E-state index in [1.54, 1.807) is 0 Å². The van der Waals surface area contributed by atoms with Crippen LogP contribution in [0.5, 0.6) is 5.75 Å². The second kappa shape index (κ2) is 14.0. The molecule has 0 spiro atoms. The van der Waals surface area contributed by atoms with E-state index in [-0.39, 0.29) is 5.92 Å². The molecule has 0 amide bonds. The van der Waals surface area contributed by atoms with Gasteiger partial charge in [0.2, 0.25) is 0 Å². The van der Waals surface area contributed by atoms with Gasteiger partial charge in [0.15, 0.2) is 5.78 Å². The summed E-state index contributed by atoms with van der Waals surface area (Å²) in [7, 11) is 0. The molecule has 2 aliphatic rings. The van der Waals surface area contributed by atoms with Gasteiger partial charge >= 0.3 is 12.1 Å². The molecule has 0 radical (unpaired) electrons. The molecule has 2 saturated heterocycles. The fraction of sp³-hybridized carbons (Fsp3) is 0.500. The van der Waals surface area contributed by atoms with Gasteiger partial charge in [0.1, 0.15) is 5.75 Å². The number of ether oxygens (including phenoxy) is 1. The third-order valence-corrected chi connectivity index (χ3v) is 6.70. The highest BCUT2D eigenvalue weighted by atomic mass is 19.4. The summed E-state index contributed by atoms with van der Waals surface area (Å²) < 4.78 is 37.7. The number of carbonyl (C=O) groups is 2. The molecular formula is C28H35F3N2O4. The highest BCUT2D eigenvalue weighted by Crippen LogP contribution is 2.27. The Morgan fingerprint density at radius 2 is 1.49 bits per heavy atom. The Balaban J connectivity index is 0.000000479. The standard InChI is InChI=1S/C26H34N2O2.C2HF3O2/c29-26(22-8-3-1-4-9-22)23-14-19-28(20-15-23)24-10-12-25(13-11-24)30-21-7-18-27-16-5-2-6-17-27;3-2(4,5)1(6)7/h1,3-4,8-13,23H,2,5-7,14-21H2;(H,6,7). The van der Waals surface area contributed by atoms with Gasteiger partial charge in [-0.2, -0.15) is 13.2 Å². The van der Waals surface area contributed by atoms with Crippen molar-refractivity contribution in [3.8, 4) is 5.75 Å². The van der Waals surface area contributed by atoms with Crippen LogP contribution in [-0.4, -0.2) is 67.3 Å². The Kier molecular flexibility index (Phi) is 10.8. The van der Waals surface area contributed by atoms with E-state index in [4.69, 9.17) is 14.6 Å². The van der Waals surface area contributed by atoms with Crippen molar-refractivity contribution in [2.24, 2.45) is 5.92 Å². The molecule has 0 aliphatic carbocycles. The van der Waals surface area contributed by atoms with E-state index >= 15 is 0 Å². The van der Waals surface area contributed by atoms with E-state index < -0.39 is 12.1 Å². The Morgan fingerprint density at radius 3 is 2.05 bits per heavy atom. The maximum Gasteiger partial charge on any atom is 0.490 e. The van der Waals surface area contributed by atoms with Gasteiger partial charge in [-0.05, 0) is 69.5 Å². The largest absolute Gasteiger partial charge is 0.494 e. The summed E-state index contributed by atoms with van der Waals surface area (Å²) in [5.41, 5.74) is 2.07. The maximum atomic E-state index is 12.7. The molecule has 9 heteroatoms. The van der Waals surface area contributed by atoms with Gasteiger partial charge in [0.05, 0.1) is 6.61 Å². The SMILES string of the molecule is O=C(O)C(F)(F)F.O=C(c1ccccc1)C1CCN(c2ccc(OCCCN3CCCCC3)cc2)CC1. The highest BCUT2D eigenvalue weighted by Gasteiger charge is 2.38. The topological polar surface area (TPSA) is 70.1 Å². The summed E-state index contributed by atoms with van der Waals surface area (Å²) in [5, 5.41) is 7.12. The molecule has 1 N–H and O–H groups in total. The Morgan fingerprint density at radius 1 is 0.892 bits per heavy atom. The lowest BCUT2D eigenvalue weighted by Crippen LogP contribution is -2.36. The lowest BCUT2D eigenvalue weighted by molar-refractivity contribution is -0.192. The van der Waals surface area contributed by atoms with Crippen LogP contribution >= 0.6 is 0 Å². The summed E-state index contributed by atoms with van der Waals surface area (Å²) in [6.07, 6.45) is 1.93. The second-order valence-electron chi connectivity index (χ2n) is 9.39. The lowest BCUT2D eigenvalue weighted by Gasteiger charge is -2.33. The van der Waals surface area contributed by atoms with Gasteiger partial charge in [0, 0.05) is 36.8 Å². The van der Waals surface area contributed by atoms with Crippen molar-refractivity contribution < 1.29 is 32.6 Å². The maximum absolute atomic E-state index is 12.7. The zero-order valence-electron chi connectivity index (χ0n) is 21.0. The van der Waals surface area contributed by atoms with E-state index in [1.807, 2.05) is 30.3 Å². The number of rotatable bonds is 8. The van der Waals surface area contributed by atoms with Gasteiger partial charge in [-0.25, -0.2) is 4.79 Å². The molecule has 0 bridgehead atoms. The number of alkyl halides is 3. The predicted molar refractivity (Wildman–Crippen MR) is 136 cm³/mol. The summed E-state index contributed by atoms with van der Waals surface area (Å²) >= 11 is 0. The molecule has 0 aromatic heterocycles. The number of aliphatic carboxylic acids is 1. The number of anilines is 1. The van der Waals surface area contributed by atoms with Gasteiger partial charge in [-0.3, -0.25) is 4.79 Å². The number of hydrogen-bond donors (Lipinski definition) is 1. The van der Waals surface area contributed by atoms with Gasteiger partial charge in [0.25, 0.3) is 0 Å². The number of benzene rings is 2. The summed E-state index contributed by atoms with van der Waals surface area (Å²) in [6, 6.07) is 18.2. The first kappa shape index (κ1) is 28.5. The summed E-state index contributed by atoms with van der Waals surface area (Å²) in [5.74, 6) is -1.37. The molecule has 4 rings (SSSR count). The molecule has 2 aromatic rings. The molecule has 2 fully saturated rings. The number of carbonyl (C=O) groups excluding carboxylic acids is 1. The summed E-state index contributed by atoms with van der Waals surface area (Å²) in [4.78, 5) is 26.5. The number of carboxylic acid groups (broad SMARTS) is 1. The van der Waals surface area contributed by atoms with Crippen molar-refractivity contribution >= 4 is 17.4 Å². The van der Waals surface area contributed by atoms with E-state index in [0.29, 0.717) is 5.78 Å². The Hall–Kier alpha value is -3.07. The van der Waals surface area contributed by atoms with Crippen molar-refractivity contribution in [3.63, 3.8) is 0 Å². The second-order valence-corrected chi connectivity index (χ2v) is 9.39. The van der Waals surface area contributed by atoms with Crippen molar-refractivity contribution in [1.29, 1.82) is 0 Å². The number of Topliss-reactive ketones (excluding diaryl/α,β-unsaturated/α-hetero) is 1. The van der Waals surface area contributed by atoms with Crippen LogP contribution in [-0.2, 0) is 4.79 Å². The number of ketones is 1. The van der Waals surface area contributed by atoms with Crippen molar-refractivity contribution in [3.05, 3.63) is 60.2 Å². The van der Waals surface area contributed by atoms with Crippen LogP contribution < -0.4 is 9.64 Å². The van der Waals surface area contributed by atoms with Gasteiger partial charge in [-0.15, -0.1) is 0 Å². The van der Waals surface area contributed by atoms with Crippen LogP contribution in [0.15, 0.2) is 54.6 Å². The quantitative estimate of drug-likeness (QED) is 0.357. The van der Waals surface area contributed by atoms with Crippen LogP contribution in [0.3, 0.4) is 0 Å². The number of halogens is 3. The fourth-order valence-electron chi connectivity index (χ4n) is 4.65. The monoisotopic (exact) mass is 520 g/mol. The van der Waals surface area contributed by atoms with Gasteiger partial charge < -0.3 is 19.6 Å². The molecule has 0 atom stereocenters. The van der Waals surface area contributed by atoms with E-state index in [2.05, 4.69) is 34.1 Å². The van der Waals surface area contributed by atoms with E-state index in [1.165, 1.54) is 38.0 Å². The molecule has 0 unspecified atom stereocenters. The number of hydrogen-bond acceptors (Lipinski definition) is 5. The molecule has 2 heterocycles. The fourth-order valence-corrected chi connectivity index (χ4v) is 4.65. The van der Waals surface area contributed by atoms with E-state index in [9.17, 15) is 18.0 Å². The molecule has 0 saturated carbocycles. The van der Waals surface area contributed by atoms with Crippen LogP contribution in [0.2, 0.25) is 0 Å². The molecule has 2 aromatic carbocycles. The Labute approximate surface area is 216 Å².